The first-order valence-electron chi connectivity index (χ1n) is 8.57. The molecule has 4 rings (SSSR count). The van der Waals surface area contributed by atoms with Crippen molar-refractivity contribution in [3.05, 3.63) is 52.2 Å². The van der Waals surface area contributed by atoms with Gasteiger partial charge in [0.2, 0.25) is 0 Å². The van der Waals surface area contributed by atoms with Crippen LogP contribution in [0.25, 0.3) is 11.0 Å². The van der Waals surface area contributed by atoms with Crippen LogP contribution in [0, 0.1) is 12.8 Å². The van der Waals surface area contributed by atoms with Gasteiger partial charge in [0.1, 0.15) is 11.3 Å². The minimum absolute atomic E-state index is 0.725. The average molecular weight is 341 g/mol. The topological polar surface area (TPSA) is 41.3 Å². The highest BCUT2D eigenvalue weighted by molar-refractivity contribution is 7.09. The van der Waals surface area contributed by atoms with E-state index in [9.17, 15) is 0 Å². The molecule has 0 aliphatic carbocycles. The Balaban J connectivity index is 1.52. The molecule has 0 saturated carbocycles. The van der Waals surface area contributed by atoms with E-state index in [-0.39, 0.29) is 0 Å². The van der Waals surface area contributed by atoms with E-state index in [1.165, 1.54) is 16.7 Å². The molecular weight excluding hydrogens is 318 g/mol. The van der Waals surface area contributed by atoms with Crippen LogP contribution in [0.3, 0.4) is 0 Å². The lowest BCUT2D eigenvalue weighted by atomic mass is 10.1. The zero-order valence-corrected chi connectivity index (χ0v) is 14.8. The molecule has 4 nitrogen and oxygen atoms in total. The van der Waals surface area contributed by atoms with E-state index in [0.29, 0.717) is 0 Å². The fourth-order valence-corrected chi connectivity index (χ4v) is 4.26. The van der Waals surface area contributed by atoms with Crippen LogP contribution < -0.4 is 5.32 Å². The van der Waals surface area contributed by atoms with Crippen molar-refractivity contribution in [1.82, 2.24) is 15.2 Å². The van der Waals surface area contributed by atoms with Crippen LogP contribution in [0.5, 0.6) is 0 Å². The molecule has 0 unspecified atom stereocenters. The smallest absolute Gasteiger partial charge is 0.134 e. The van der Waals surface area contributed by atoms with Crippen LogP contribution in [-0.4, -0.2) is 29.5 Å². The summed E-state index contributed by atoms with van der Waals surface area (Å²) in [5.74, 6) is 1.77. The molecule has 0 bridgehead atoms. The third kappa shape index (κ3) is 3.53. The summed E-state index contributed by atoms with van der Waals surface area (Å²) >= 11 is 1.75. The lowest BCUT2D eigenvalue weighted by Crippen LogP contribution is -2.29. The van der Waals surface area contributed by atoms with Gasteiger partial charge in [0.15, 0.2) is 0 Å². The van der Waals surface area contributed by atoms with Gasteiger partial charge in [-0.15, -0.1) is 11.3 Å². The second-order valence-electron chi connectivity index (χ2n) is 6.64. The number of fused-ring (bicyclic) bond motifs is 1. The maximum absolute atomic E-state index is 6.04. The highest BCUT2D eigenvalue weighted by atomic mass is 32.1. The SMILES string of the molecule is Cc1ncsc1CN(Cc1cc2ccccc2o1)C[C@@H]1CCNC1. The number of benzene rings is 1. The monoisotopic (exact) mass is 341 g/mol. The van der Waals surface area contributed by atoms with E-state index >= 15 is 0 Å². The van der Waals surface area contributed by atoms with Crippen LogP contribution >= 0.6 is 11.3 Å². The van der Waals surface area contributed by atoms with Crippen molar-refractivity contribution in [2.75, 3.05) is 19.6 Å². The van der Waals surface area contributed by atoms with Gasteiger partial charge in [-0.25, -0.2) is 4.98 Å². The molecule has 0 spiro atoms. The molecule has 3 heterocycles. The van der Waals surface area contributed by atoms with Crippen molar-refractivity contribution in [2.24, 2.45) is 5.92 Å². The Kier molecular flexibility index (Phi) is 4.65. The van der Waals surface area contributed by atoms with Crippen LogP contribution in [0.4, 0.5) is 0 Å². The predicted molar refractivity (Wildman–Crippen MR) is 98.2 cm³/mol. The fraction of sp³-hybridized carbons (Fsp3) is 0.421. The van der Waals surface area contributed by atoms with Crippen molar-refractivity contribution < 1.29 is 4.42 Å². The van der Waals surface area contributed by atoms with Crippen LogP contribution in [0.15, 0.2) is 40.3 Å². The molecule has 5 heteroatoms. The van der Waals surface area contributed by atoms with E-state index in [1.54, 1.807) is 11.3 Å². The number of aryl methyl sites for hydroxylation is 1. The maximum Gasteiger partial charge on any atom is 0.134 e. The van der Waals surface area contributed by atoms with E-state index in [0.717, 1.165) is 55.7 Å². The number of para-hydroxylation sites is 1. The zero-order chi connectivity index (χ0) is 16.4. The first-order valence-corrected chi connectivity index (χ1v) is 9.45. The Hall–Kier alpha value is -1.69. The summed E-state index contributed by atoms with van der Waals surface area (Å²) in [5, 5.41) is 4.66. The average Bonchev–Trinajstić information content (AvgIpc) is 3.29. The molecule has 1 N–H and O–H groups in total. The summed E-state index contributed by atoms with van der Waals surface area (Å²) in [6.07, 6.45) is 1.26. The minimum atomic E-state index is 0.725. The second kappa shape index (κ2) is 7.05. The fourth-order valence-electron chi connectivity index (χ4n) is 3.44. The van der Waals surface area contributed by atoms with Crippen LogP contribution in [0.2, 0.25) is 0 Å². The lowest BCUT2D eigenvalue weighted by Gasteiger charge is -2.24. The van der Waals surface area contributed by atoms with Gasteiger partial charge in [-0.3, -0.25) is 4.90 Å². The first-order chi connectivity index (χ1) is 11.8. The number of thiazole rings is 1. The van der Waals surface area contributed by atoms with Gasteiger partial charge in [0.25, 0.3) is 0 Å². The normalized spacial score (nSPS) is 18.0. The number of rotatable bonds is 6. The maximum atomic E-state index is 6.04. The molecule has 0 radical (unpaired) electrons. The van der Waals surface area contributed by atoms with Gasteiger partial charge in [0.05, 0.1) is 17.7 Å². The molecule has 1 atom stereocenters. The van der Waals surface area contributed by atoms with E-state index in [4.69, 9.17) is 4.42 Å². The van der Waals surface area contributed by atoms with E-state index in [2.05, 4.69) is 40.3 Å². The van der Waals surface area contributed by atoms with Gasteiger partial charge in [-0.05, 0) is 44.5 Å². The number of furan rings is 1. The number of nitrogens with one attached hydrogen (secondary N) is 1. The highest BCUT2D eigenvalue weighted by Gasteiger charge is 2.20. The Morgan fingerprint density at radius 3 is 3.00 bits per heavy atom. The molecule has 3 aromatic rings. The predicted octanol–water partition coefficient (Wildman–Crippen LogP) is 3.81. The van der Waals surface area contributed by atoms with Gasteiger partial charge in [-0.2, -0.15) is 0 Å². The quantitative estimate of drug-likeness (QED) is 0.740. The summed E-state index contributed by atoms with van der Waals surface area (Å²) < 4.78 is 6.04. The molecular formula is C19H23N3OS. The van der Waals surface area contributed by atoms with Gasteiger partial charge in [-0.1, -0.05) is 18.2 Å². The molecule has 1 aliphatic rings. The van der Waals surface area contributed by atoms with Gasteiger partial charge >= 0.3 is 0 Å². The third-order valence-corrected chi connectivity index (χ3v) is 5.67. The number of nitrogens with zero attached hydrogens (tertiary/aromatic N) is 2. The third-order valence-electron chi connectivity index (χ3n) is 4.75. The number of aromatic nitrogens is 1. The molecule has 1 aliphatic heterocycles. The molecule has 2 aromatic heterocycles. The Morgan fingerprint density at radius 2 is 2.25 bits per heavy atom. The number of hydrogen-bond donors (Lipinski definition) is 1. The van der Waals surface area contributed by atoms with Crippen molar-refractivity contribution in [3.8, 4) is 0 Å². The first kappa shape index (κ1) is 15.8. The summed E-state index contributed by atoms with van der Waals surface area (Å²) in [7, 11) is 0. The van der Waals surface area contributed by atoms with E-state index < -0.39 is 0 Å². The lowest BCUT2D eigenvalue weighted by molar-refractivity contribution is 0.207. The summed E-state index contributed by atoms with van der Waals surface area (Å²) in [5.41, 5.74) is 4.07. The molecule has 0 amide bonds. The Bertz CT molecular complexity index is 771. The largest absolute Gasteiger partial charge is 0.460 e. The van der Waals surface area contributed by atoms with Crippen molar-refractivity contribution in [2.45, 2.75) is 26.4 Å². The van der Waals surface area contributed by atoms with Crippen molar-refractivity contribution >= 4 is 22.3 Å². The second-order valence-corrected chi connectivity index (χ2v) is 7.58. The summed E-state index contributed by atoms with van der Waals surface area (Å²) in [4.78, 5) is 8.27. The van der Waals surface area contributed by atoms with Gasteiger partial charge < -0.3 is 9.73 Å². The molecule has 24 heavy (non-hydrogen) atoms. The highest BCUT2D eigenvalue weighted by Crippen LogP contribution is 2.23. The molecule has 1 saturated heterocycles. The van der Waals surface area contributed by atoms with Crippen LogP contribution in [-0.2, 0) is 13.1 Å². The van der Waals surface area contributed by atoms with Crippen molar-refractivity contribution in [3.63, 3.8) is 0 Å². The summed E-state index contributed by atoms with van der Waals surface area (Å²) in [6.45, 7) is 7.26. The Labute approximate surface area is 146 Å². The minimum Gasteiger partial charge on any atom is -0.460 e. The zero-order valence-electron chi connectivity index (χ0n) is 14.0. The molecule has 126 valence electrons. The van der Waals surface area contributed by atoms with Crippen LogP contribution in [0.1, 0.15) is 22.8 Å². The van der Waals surface area contributed by atoms with E-state index in [1.807, 2.05) is 17.6 Å². The standard InChI is InChI=1S/C19H23N3OS/c1-14-19(24-13-21-14)12-22(10-15-6-7-20-9-15)11-17-8-16-4-2-3-5-18(16)23-17/h2-5,8,13,15,20H,6-7,9-12H2,1H3/t15-/m1/s1. The number of hydrogen-bond acceptors (Lipinski definition) is 5. The van der Waals surface area contributed by atoms with Crippen molar-refractivity contribution in [1.29, 1.82) is 0 Å². The molecule has 1 aromatic carbocycles. The Morgan fingerprint density at radius 1 is 1.33 bits per heavy atom. The van der Waals surface area contributed by atoms with Gasteiger partial charge in [0, 0.05) is 23.4 Å². The summed E-state index contributed by atoms with van der Waals surface area (Å²) in [6, 6.07) is 10.4. The molecule has 1 fully saturated rings.